The van der Waals surface area contributed by atoms with E-state index >= 15 is 0 Å². The Labute approximate surface area is 116 Å². The molecule has 0 aromatic carbocycles. The Hall–Kier alpha value is -1.20. The molecule has 19 heavy (non-hydrogen) atoms. The fourth-order valence-electron chi connectivity index (χ4n) is 2.73. The first-order valence-electron chi connectivity index (χ1n) is 6.92. The van der Waals surface area contributed by atoms with Gasteiger partial charge in [-0.15, -0.1) is 11.3 Å². The fraction of sp³-hybridized carbons (Fsp3) is 0.571. The van der Waals surface area contributed by atoms with E-state index in [1.165, 1.54) is 24.2 Å². The third-order valence-electron chi connectivity index (χ3n) is 3.84. The molecule has 1 unspecified atom stereocenters. The van der Waals surface area contributed by atoms with Crippen LogP contribution in [0.15, 0.2) is 16.5 Å². The summed E-state index contributed by atoms with van der Waals surface area (Å²) in [7, 11) is 0. The molecule has 0 amide bonds. The van der Waals surface area contributed by atoms with Crippen molar-refractivity contribution in [2.24, 2.45) is 0 Å². The topological polar surface area (TPSA) is 46.9 Å². The van der Waals surface area contributed by atoms with Crippen LogP contribution < -0.4 is 10.9 Å². The van der Waals surface area contributed by atoms with Crippen LogP contribution in [0, 0.1) is 6.92 Å². The Morgan fingerprint density at radius 3 is 3.26 bits per heavy atom. The normalized spacial score (nSPS) is 19.3. The number of rotatable bonds is 4. The third kappa shape index (κ3) is 2.58. The number of hydrogen-bond donors (Lipinski definition) is 1. The zero-order valence-electron chi connectivity index (χ0n) is 11.2. The van der Waals surface area contributed by atoms with Crippen LogP contribution in [0.4, 0.5) is 0 Å². The SMILES string of the molecule is Cc1csc2c(=O)n(CCCC3CCCN3)cnc12. The predicted octanol–water partition coefficient (Wildman–Crippen LogP) is 2.30. The minimum absolute atomic E-state index is 0.113. The standard InChI is InChI=1S/C14H19N3OS/c1-10-8-19-13-12(10)16-9-17(14(13)18)7-3-5-11-4-2-6-15-11/h8-9,11,15H,2-7H2,1H3. The summed E-state index contributed by atoms with van der Waals surface area (Å²) >= 11 is 1.51. The molecule has 0 spiro atoms. The number of thiophene rings is 1. The van der Waals surface area contributed by atoms with Crippen LogP contribution in [0.2, 0.25) is 0 Å². The minimum atomic E-state index is 0.113. The number of nitrogens with one attached hydrogen (secondary N) is 1. The summed E-state index contributed by atoms with van der Waals surface area (Å²) in [5.74, 6) is 0. The lowest BCUT2D eigenvalue weighted by Gasteiger charge is -2.10. The van der Waals surface area contributed by atoms with E-state index < -0.39 is 0 Å². The summed E-state index contributed by atoms with van der Waals surface area (Å²) in [5.41, 5.74) is 2.07. The Bertz CT molecular complexity index is 625. The maximum absolute atomic E-state index is 12.3. The van der Waals surface area contributed by atoms with Crippen LogP contribution in [0.5, 0.6) is 0 Å². The molecule has 0 saturated carbocycles. The molecule has 102 valence electrons. The fourth-order valence-corrected chi connectivity index (χ4v) is 3.68. The average molecular weight is 277 g/mol. The molecule has 4 nitrogen and oxygen atoms in total. The van der Waals surface area contributed by atoms with Crippen molar-refractivity contribution in [2.75, 3.05) is 6.54 Å². The first kappa shape index (κ1) is 12.8. The van der Waals surface area contributed by atoms with E-state index in [4.69, 9.17) is 0 Å². The molecule has 1 fully saturated rings. The van der Waals surface area contributed by atoms with Gasteiger partial charge in [-0.05, 0) is 50.1 Å². The largest absolute Gasteiger partial charge is 0.314 e. The summed E-state index contributed by atoms with van der Waals surface area (Å²) in [6.07, 6.45) is 6.44. The molecule has 3 rings (SSSR count). The number of fused-ring (bicyclic) bond motifs is 1. The lowest BCUT2D eigenvalue weighted by atomic mass is 10.1. The van der Waals surface area contributed by atoms with E-state index in [2.05, 4.69) is 10.3 Å². The van der Waals surface area contributed by atoms with Crippen molar-refractivity contribution < 1.29 is 0 Å². The summed E-state index contributed by atoms with van der Waals surface area (Å²) in [4.78, 5) is 16.7. The molecule has 1 saturated heterocycles. The van der Waals surface area contributed by atoms with Gasteiger partial charge in [0.2, 0.25) is 0 Å². The summed E-state index contributed by atoms with van der Waals surface area (Å²) in [5, 5.41) is 5.50. The van der Waals surface area contributed by atoms with Gasteiger partial charge in [-0.3, -0.25) is 9.36 Å². The molecule has 1 atom stereocenters. The van der Waals surface area contributed by atoms with Crippen LogP contribution >= 0.6 is 11.3 Å². The zero-order chi connectivity index (χ0) is 13.2. The van der Waals surface area contributed by atoms with Gasteiger partial charge in [-0.25, -0.2) is 4.98 Å². The highest BCUT2D eigenvalue weighted by molar-refractivity contribution is 7.17. The molecule has 5 heteroatoms. The van der Waals surface area contributed by atoms with Crippen molar-refractivity contribution in [1.82, 2.24) is 14.9 Å². The third-order valence-corrected chi connectivity index (χ3v) is 4.91. The molecule has 3 heterocycles. The van der Waals surface area contributed by atoms with Crippen LogP contribution in [0.3, 0.4) is 0 Å². The minimum Gasteiger partial charge on any atom is -0.314 e. The first-order valence-corrected chi connectivity index (χ1v) is 7.80. The van der Waals surface area contributed by atoms with Gasteiger partial charge in [0.25, 0.3) is 5.56 Å². The molecule has 1 N–H and O–H groups in total. The van der Waals surface area contributed by atoms with E-state index in [-0.39, 0.29) is 5.56 Å². The van der Waals surface area contributed by atoms with E-state index in [0.717, 1.165) is 41.7 Å². The summed E-state index contributed by atoms with van der Waals surface area (Å²) in [6, 6.07) is 0.649. The molecule has 2 aromatic heterocycles. The second-order valence-corrected chi connectivity index (χ2v) is 6.15. The van der Waals surface area contributed by atoms with E-state index in [1.54, 1.807) is 10.9 Å². The summed E-state index contributed by atoms with van der Waals surface area (Å²) < 4.78 is 2.55. The van der Waals surface area contributed by atoms with Crippen LogP contribution in [0.1, 0.15) is 31.2 Å². The van der Waals surface area contributed by atoms with Crippen molar-refractivity contribution in [2.45, 2.75) is 45.2 Å². The maximum Gasteiger partial charge on any atom is 0.271 e. The van der Waals surface area contributed by atoms with Gasteiger partial charge in [0.15, 0.2) is 0 Å². The monoisotopic (exact) mass is 277 g/mol. The van der Waals surface area contributed by atoms with Gasteiger partial charge in [0.1, 0.15) is 4.70 Å². The maximum atomic E-state index is 12.3. The first-order chi connectivity index (χ1) is 9.25. The predicted molar refractivity (Wildman–Crippen MR) is 78.9 cm³/mol. The highest BCUT2D eigenvalue weighted by Gasteiger charge is 2.13. The van der Waals surface area contributed by atoms with Crippen molar-refractivity contribution in [3.63, 3.8) is 0 Å². The van der Waals surface area contributed by atoms with Gasteiger partial charge in [0.05, 0.1) is 11.8 Å². The molecule has 0 aliphatic carbocycles. The second-order valence-electron chi connectivity index (χ2n) is 5.28. The van der Waals surface area contributed by atoms with Crippen molar-refractivity contribution in [3.8, 4) is 0 Å². The molecule has 1 aliphatic heterocycles. The number of hydrogen-bond acceptors (Lipinski definition) is 4. The zero-order valence-corrected chi connectivity index (χ0v) is 12.0. The molecular weight excluding hydrogens is 258 g/mol. The Morgan fingerprint density at radius 2 is 2.47 bits per heavy atom. The Balaban J connectivity index is 1.70. The molecule has 0 radical (unpaired) electrons. The van der Waals surface area contributed by atoms with Crippen LogP contribution in [-0.2, 0) is 6.54 Å². The smallest absolute Gasteiger partial charge is 0.271 e. The van der Waals surface area contributed by atoms with Crippen molar-refractivity contribution >= 4 is 21.6 Å². The molecular formula is C14H19N3OS. The Kier molecular flexibility index (Phi) is 3.66. The van der Waals surface area contributed by atoms with Gasteiger partial charge < -0.3 is 5.32 Å². The Morgan fingerprint density at radius 1 is 1.58 bits per heavy atom. The lowest BCUT2D eigenvalue weighted by Crippen LogP contribution is -2.24. The molecule has 1 aliphatic rings. The number of aryl methyl sites for hydroxylation is 2. The lowest BCUT2D eigenvalue weighted by molar-refractivity contribution is 0.496. The van der Waals surface area contributed by atoms with Gasteiger partial charge in [-0.2, -0.15) is 0 Å². The van der Waals surface area contributed by atoms with E-state index in [1.807, 2.05) is 12.3 Å². The van der Waals surface area contributed by atoms with Gasteiger partial charge >= 0.3 is 0 Å². The highest BCUT2D eigenvalue weighted by Crippen LogP contribution is 2.19. The van der Waals surface area contributed by atoms with Crippen molar-refractivity contribution in [1.29, 1.82) is 0 Å². The molecule has 2 aromatic rings. The summed E-state index contributed by atoms with van der Waals surface area (Å²) in [6.45, 7) is 3.92. The number of nitrogens with zero attached hydrogens (tertiary/aromatic N) is 2. The van der Waals surface area contributed by atoms with Crippen LogP contribution in [0.25, 0.3) is 10.2 Å². The van der Waals surface area contributed by atoms with Crippen LogP contribution in [-0.4, -0.2) is 22.1 Å². The number of aromatic nitrogens is 2. The molecule has 0 bridgehead atoms. The van der Waals surface area contributed by atoms with Crippen molar-refractivity contribution in [3.05, 3.63) is 27.6 Å². The van der Waals surface area contributed by atoms with E-state index in [0.29, 0.717) is 6.04 Å². The quantitative estimate of drug-likeness (QED) is 0.933. The van der Waals surface area contributed by atoms with Gasteiger partial charge in [-0.1, -0.05) is 0 Å². The second kappa shape index (κ2) is 5.43. The average Bonchev–Trinajstić information content (AvgIpc) is 3.03. The van der Waals surface area contributed by atoms with Gasteiger partial charge in [0, 0.05) is 12.6 Å². The highest BCUT2D eigenvalue weighted by atomic mass is 32.1. The van der Waals surface area contributed by atoms with E-state index in [9.17, 15) is 4.79 Å².